The Morgan fingerprint density at radius 2 is 2.25 bits per heavy atom. The summed E-state index contributed by atoms with van der Waals surface area (Å²) < 4.78 is 0. The highest BCUT2D eigenvalue weighted by molar-refractivity contribution is 5.89. The van der Waals surface area contributed by atoms with Crippen molar-refractivity contribution in [2.24, 2.45) is 5.92 Å². The number of amides is 2. The second kappa shape index (κ2) is 5.60. The van der Waals surface area contributed by atoms with Crippen LogP contribution in [0.3, 0.4) is 0 Å². The molecule has 2 heterocycles. The fourth-order valence-corrected chi connectivity index (χ4v) is 2.64. The van der Waals surface area contributed by atoms with Gasteiger partial charge in [0.15, 0.2) is 0 Å². The highest BCUT2D eigenvalue weighted by atomic mass is 16.2. The summed E-state index contributed by atoms with van der Waals surface area (Å²) in [6.45, 7) is 1.23. The van der Waals surface area contributed by atoms with Crippen LogP contribution >= 0.6 is 0 Å². The number of carbonyl (C=O) groups excluding carboxylic acids is 2. The quantitative estimate of drug-likeness (QED) is 0.784. The largest absolute Gasteiger partial charge is 0.354 e. The molecule has 1 atom stereocenters. The lowest BCUT2D eigenvalue weighted by Crippen LogP contribution is -2.46. The van der Waals surface area contributed by atoms with E-state index in [4.69, 9.17) is 0 Å². The van der Waals surface area contributed by atoms with Crippen molar-refractivity contribution in [3.05, 3.63) is 12.2 Å². The van der Waals surface area contributed by atoms with E-state index in [0.29, 0.717) is 13.0 Å². The molecule has 7 heteroatoms. The number of rotatable bonds is 5. The van der Waals surface area contributed by atoms with E-state index < -0.39 is 0 Å². The van der Waals surface area contributed by atoms with Gasteiger partial charge in [0.2, 0.25) is 11.8 Å². The predicted molar refractivity (Wildman–Crippen MR) is 70.6 cm³/mol. The molecule has 1 saturated carbocycles. The molecule has 1 aliphatic carbocycles. The van der Waals surface area contributed by atoms with Gasteiger partial charge < -0.3 is 10.2 Å². The molecular weight excluding hydrogens is 258 g/mol. The first kappa shape index (κ1) is 13.1. The van der Waals surface area contributed by atoms with Crippen LogP contribution in [-0.2, 0) is 16.0 Å². The summed E-state index contributed by atoms with van der Waals surface area (Å²) in [5.74, 6) is 1.05. The Bertz CT molecular complexity index is 483. The van der Waals surface area contributed by atoms with Crippen molar-refractivity contribution in [3.63, 3.8) is 0 Å². The Morgan fingerprint density at radius 3 is 2.95 bits per heavy atom. The predicted octanol–water partition coefficient (Wildman–Crippen LogP) is -0.136. The SMILES string of the molecule is O=C(NCCc1ncn[nH]1)C1CCCN1C(=O)C1CC1. The van der Waals surface area contributed by atoms with Gasteiger partial charge in [-0.1, -0.05) is 0 Å². The molecule has 20 heavy (non-hydrogen) atoms. The maximum Gasteiger partial charge on any atom is 0.242 e. The van der Waals surface area contributed by atoms with Crippen molar-refractivity contribution in [3.8, 4) is 0 Å². The molecule has 108 valence electrons. The minimum Gasteiger partial charge on any atom is -0.354 e. The van der Waals surface area contributed by atoms with Crippen LogP contribution < -0.4 is 5.32 Å². The van der Waals surface area contributed by atoms with Crippen LogP contribution in [0.1, 0.15) is 31.5 Å². The van der Waals surface area contributed by atoms with Crippen molar-refractivity contribution in [1.29, 1.82) is 0 Å². The molecule has 0 aromatic carbocycles. The van der Waals surface area contributed by atoms with Crippen molar-refractivity contribution < 1.29 is 9.59 Å². The normalized spacial score (nSPS) is 22.0. The molecule has 0 spiro atoms. The van der Waals surface area contributed by atoms with Crippen LogP contribution in [-0.4, -0.2) is 51.0 Å². The number of likely N-dealkylation sites (tertiary alicyclic amines) is 1. The van der Waals surface area contributed by atoms with Crippen molar-refractivity contribution in [1.82, 2.24) is 25.4 Å². The van der Waals surface area contributed by atoms with Crippen LogP contribution in [0.4, 0.5) is 0 Å². The van der Waals surface area contributed by atoms with Crippen LogP contribution in [0.25, 0.3) is 0 Å². The first-order chi connectivity index (χ1) is 9.75. The number of hydrogen-bond donors (Lipinski definition) is 2. The zero-order chi connectivity index (χ0) is 13.9. The average molecular weight is 277 g/mol. The topological polar surface area (TPSA) is 91.0 Å². The van der Waals surface area contributed by atoms with Crippen LogP contribution in [0.15, 0.2) is 6.33 Å². The second-order valence-electron chi connectivity index (χ2n) is 5.44. The molecule has 2 N–H and O–H groups in total. The number of hydrogen-bond acceptors (Lipinski definition) is 4. The van der Waals surface area contributed by atoms with Gasteiger partial charge in [0.25, 0.3) is 0 Å². The van der Waals surface area contributed by atoms with E-state index in [1.165, 1.54) is 6.33 Å². The third-order valence-electron chi connectivity index (χ3n) is 3.89. The maximum atomic E-state index is 12.2. The lowest BCUT2D eigenvalue weighted by molar-refractivity contribution is -0.139. The Hall–Kier alpha value is -1.92. The maximum absolute atomic E-state index is 12.2. The molecule has 7 nitrogen and oxygen atoms in total. The van der Waals surface area contributed by atoms with Crippen molar-refractivity contribution in [2.75, 3.05) is 13.1 Å². The smallest absolute Gasteiger partial charge is 0.242 e. The zero-order valence-electron chi connectivity index (χ0n) is 11.3. The van der Waals surface area contributed by atoms with Gasteiger partial charge in [-0.15, -0.1) is 0 Å². The zero-order valence-corrected chi connectivity index (χ0v) is 11.3. The second-order valence-corrected chi connectivity index (χ2v) is 5.44. The Morgan fingerprint density at radius 1 is 1.40 bits per heavy atom. The number of nitrogens with one attached hydrogen (secondary N) is 2. The molecule has 1 unspecified atom stereocenters. The summed E-state index contributed by atoms with van der Waals surface area (Å²) in [5.41, 5.74) is 0. The molecule has 3 rings (SSSR count). The van der Waals surface area contributed by atoms with E-state index >= 15 is 0 Å². The average Bonchev–Trinajstić information content (AvgIpc) is 2.97. The highest BCUT2D eigenvalue weighted by Gasteiger charge is 2.40. The molecule has 1 aromatic rings. The Labute approximate surface area is 117 Å². The first-order valence-corrected chi connectivity index (χ1v) is 7.18. The fourth-order valence-electron chi connectivity index (χ4n) is 2.64. The summed E-state index contributed by atoms with van der Waals surface area (Å²) in [4.78, 5) is 30.1. The van der Waals surface area contributed by atoms with Crippen LogP contribution in [0.5, 0.6) is 0 Å². The lowest BCUT2D eigenvalue weighted by atomic mass is 10.2. The third kappa shape index (κ3) is 2.81. The molecule has 1 aromatic heterocycles. The number of nitrogens with zero attached hydrogens (tertiary/aromatic N) is 3. The van der Waals surface area contributed by atoms with Crippen LogP contribution in [0.2, 0.25) is 0 Å². The minimum absolute atomic E-state index is 0.0454. The van der Waals surface area contributed by atoms with Gasteiger partial charge in [0.05, 0.1) is 0 Å². The van der Waals surface area contributed by atoms with Crippen LogP contribution in [0, 0.1) is 5.92 Å². The van der Waals surface area contributed by atoms with Gasteiger partial charge in [-0.05, 0) is 25.7 Å². The van der Waals surface area contributed by atoms with Crippen molar-refractivity contribution in [2.45, 2.75) is 38.1 Å². The summed E-state index contributed by atoms with van der Waals surface area (Å²) >= 11 is 0. The molecule has 2 fully saturated rings. The van der Waals surface area contributed by atoms with E-state index in [1.807, 2.05) is 0 Å². The molecule has 2 aliphatic rings. The lowest BCUT2D eigenvalue weighted by Gasteiger charge is -2.23. The van der Waals surface area contributed by atoms with E-state index in [1.54, 1.807) is 4.90 Å². The van der Waals surface area contributed by atoms with E-state index in [-0.39, 0.29) is 23.8 Å². The van der Waals surface area contributed by atoms with Gasteiger partial charge in [0, 0.05) is 25.4 Å². The summed E-state index contributed by atoms with van der Waals surface area (Å²) in [6.07, 6.45) is 5.72. The van der Waals surface area contributed by atoms with E-state index in [9.17, 15) is 9.59 Å². The fraction of sp³-hybridized carbons (Fsp3) is 0.692. The molecule has 1 aliphatic heterocycles. The van der Waals surface area contributed by atoms with Gasteiger partial charge in [-0.2, -0.15) is 5.10 Å². The molecule has 2 amide bonds. The monoisotopic (exact) mass is 277 g/mol. The Kier molecular flexibility index (Phi) is 3.66. The van der Waals surface area contributed by atoms with E-state index in [2.05, 4.69) is 20.5 Å². The van der Waals surface area contributed by atoms with E-state index in [0.717, 1.165) is 38.1 Å². The van der Waals surface area contributed by atoms with Gasteiger partial charge >= 0.3 is 0 Å². The number of aromatic nitrogens is 3. The highest BCUT2D eigenvalue weighted by Crippen LogP contribution is 2.33. The summed E-state index contributed by atoms with van der Waals surface area (Å²) in [6, 6.07) is -0.280. The van der Waals surface area contributed by atoms with Crippen molar-refractivity contribution >= 4 is 11.8 Å². The molecule has 0 bridgehead atoms. The summed E-state index contributed by atoms with van der Waals surface area (Å²) in [7, 11) is 0. The van der Waals surface area contributed by atoms with Gasteiger partial charge in [-0.3, -0.25) is 14.7 Å². The molecule has 0 radical (unpaired) electrons. The third-order valence-corrected chi connectivity index (χ3v) is 3.89. The number of H-pyrrole nitrogens is 1. The van der Waals surface area contributed by atoms with Gasteiger partial charge in [0.1, 0.15) is 18.2 Å². The number of carbonyl (C=O) groups is 2. The number of aromatic amines is 1. The summed E-state index contributed by atoms with van der Waals surface area (Å²) in [5, 5.41) is 9.40. The molecule has 1 saturated heterocycles. The Balaban J connectivity index is 1.49. The first-order valence-electron chi connectivity index (χ1n) is 7.18. The molecular formula is C13H19N5O2. The standard InChI is InChI=1S/C13H19N5O2/c19-12(14-6-5-11-15-8-16-17-11)10-2-1-7-18(10)13(20)9-3-4-9/h8-10H,1-7H2,(H,14,19)(H,15,16,17). The van der Waals surface area contributed by atoms with Gasteiger partial charge in [-0.25, -0.2) is 4.98 Å². The minimum atomic E-state index is -0.280.